The Kier molecular flexibility index (Phi) is 3.98. The first-order valence-electron chi connectivity index (χ1n) is 5.01. The van der Waals surface area contributed by atoms with E-state index < -0.39 is 0 Å². The summed E-state index contributed by atoms with van der Waals surface area (Å²) in [5.41, 5.74) is 0.648. The minimum Gasteiger partial charge on any atom is -0.329 e. The summed E-state index contributed by atoms with van der Waals surface area (Å²) in [4.78, 5) is 25.5. The number of pyridine rings is 1. The Morgan fingerprint density at radius 3 is 2.61 bits per heavy atom. The smallest absolute Gasteiger partial charge is 0.255 e. The minimum absolute atomic E-state index is 0.308. The second kappa shape index (κ2) is 5.49. The van der Waals surface area contributed by atoms with Gasteiger partial charge in [0.2, 0.25) is 5.56 Å². The Morgan fingerprint density at radius 1 is 1.17 bits per heavy atom. The van der Waals surface area contributed by atoms with E-state index in [1.54, 1.807) is 12.1 Å². The van der Waals surface area contributed by atoms with Crippen LogP contribution in [0.15, 0.2) is 50.3 Å². The van der Waals surface area contributed by atoms with Crippen LogP contribution in [-0.4, -0.2) is 10.9 Å². The first-order valence-corrected chi connectivity index (χ1v) is 6.60. The fraction of sp³-hybridized carbons (Fsp3) is 0. The third kappa shape index (κ3) is 3.08. The van der Waals surface area contributed by atoms with Crippen molar-refractivity contribution in [2.75, 3.05) is 5.32 Å². The lowest BCUT2D eigenvalue weighted by Crippen LogP contribution is -2.15. The van der Waals surface area contributed by atoms with Gasteiger partial charge in [-0.05, 0) is 40.2 Å². The highest BCUT2D eigenvalue weighted by Crippen LogP contribution is 2.26. The molecule has 0 bridgehead atoms. The molecule has 0 aliphatic heterocycles. The van der Waals surface area contributed by atoms with Crippen LogP contribution in [0, 0.1) is 0 Å². The zero-order valence-corrected chi connectivity index (χ0v) is 12.2. The Labute approximate surface area is 120 Å². The van der Waals surface area contributed by atoms with E-state index in [1.807, 2.05) is 12.1 Å². The highest BCUT2D eigenvalue weighted by molar-refractivity contribution is 9.11. The number of aromatic amines is 1. The molecular weight excluding hydrogens is 364 g/mol. The SMILES string of the molecule is O=C(Nc1ccc(Br)cc1Br)c1cc[nH]c(=O)c1. The Morgan fingerprint density at radius 2 is 1.94 bits per heavy atom. The molecule has 1 aromatic heterocycles. The maximum absolute atomic E-state index is 11.9. The number of hydrogen-bond acceptors (Lipinski definition) is 2. The third-order valence-electron chi connectivity index (χ3n) is 2.22. The van der Waals surface area contributed by atoms with Crippen molar-refractivity contribution in [2.24, 2.45) is 0 Å². The molecule has 2 N–H and O–H groups in total. The number of halogens is 2. The molecule has 0 saturated carbocycles. The molecule has 0 unspecified atom stereocenters. The molecule has 6 heteroatoms. The molecule has 1 amide bonds. The molecule has 2 rings (SSSR count). The van der Waals surface area contributed by atoms with E-state index in [4.69, 9.17) is 0 Å². The van der Waals surface area contributed by atoms with Crippen LogP contribution >= 0.6 is 31.9 Å². The van der Waals surface area contributed by atoms with Crippen molar-refractivity contribution in [1.29, 1.82) is 0 Å². The van der Waals surface area contributed by atoms with Gasteiger partial charge in [-0.15, -0.1) is 0 Å². The van der Waals surface area contributed by atoms with E-state index >= 15 is 0 Å². The third-order valence-corrected chi connectivity index (χ3v) is 3.37. The van der Waals surface area contributed by atoms with Crippen molar-refractivity contribution in [1.82, 2.24) is 4.98 Å². The van der Waals surface area contributed by atoms with Crippen molar-refractivity contribution in [3.63, 3.8) is 0 Å². The van der Waals surface area contributed by atoms with E-state index in [1.165, 1.54) is 12.3 Å². The quantitative estimate of drug-likeness (QED) is 0.851. The van der Waals surface area contributed by atoms with Crippen molar-refractivity contribution < 1.29 is 4.79 Å². The number of H-pyrrole nitrogens is 1. The van der Waals surface area contributed by atoms with E-state index in [0.717, 1.165) is 8.95 Å². The zero-order valence-electron chi connectivity index (χ0n) is 9.04. The predicted octanol–water partition coefficient (Wildman–Crippen LogP) is 3.15. The molecule has 92 valence electrons. The largest absolute Gasteiger partial charge is 0.329 e. The van der Waals surface area contributed by atoms with Crippen LogP contribution in [0.25, 0.3) is 0 Å². The van der Waals surface area contributed by atoms with Crippen molar-refractivity contribution in [3.05, 3.63) is 61.4 Å². The molecule has 2 aromatic rings. The van der Waals surface area contributed by atoms with E-state index in [2.05, 4.69) is 42.2 Å². The van der Waals surface area contributed by atoms with Crippen LogP contribution in [0.3, 0.4) is 0 Å². The molecule has 0 aliphatic rings. The lowest BCUT2D eigenvalue weighted by Gasteiger charge is -2.07. The summed E-state index contributed by atoms with van der Waals surface area (Å²) in [6, 6.07) is 8.20. The van der Waals surface area contributed by atoms with Gasteiger partial charge >= 0.3 is 0 Å². The number of carbonyl (C=O) groups is 1. The summed E-state index contributed by atoms with van der Waals surface area (Å²) in [5.74, 6) is -0.330. The number of carbonyl (C=O) groups excluding carboxylic acids is 1. The van der Waals surface area contributed by atoms with Crippen molar-refractivity contribution in [3.8, 4) is 0 Å². The number of amides is 1. The van der Waals surface area contributed by atoms with Crippen LogP contribution in [0.4, 0.5) is 5.69 Å². The van der Waals surface area contributed by atoms with Crippen LogP contribution in [0.2, 0.25) is 0 Å². The van der Waals surface area contributed by atoms with E-state index in [0.29, 0.717) is 11.3 Å². The monoisotopic (exact) mass is 370 g/mol. The summed E-state index contributed by atoms with van der Waals surface area (Å²) in [6.45, 7) is 0. The fourth-order valence-corrected chi connectivity index (χ4v) is 2.52. The van der Waals surface area contributed by atoms with Crippen LogP contribution in [-0.2, 0) is 0 Å². The molecule has 0 spiro atoms. The second-order valence-electron chi connectivity index (χ2n) is 3.52. The minimum atomic E-state index is -0.330. The van der Waals surface area contributed by atoms with Gasteiger partial charge in [0.25, 0.3) is 5.91 Å². The lowest BCUT2D eigenvalue weighted by atomic mass is 10.2. The van der Waals surface area contributed by atoms with Crippen LogP contribution in [0.1, 0.15) is 10.4 Å². The summed E-state index contributed by atoms with van der Waals surface area (Å²) in [5, 5.41) is 2.72. The maximum Gasteiger partial charge on any atom is 0.255 e. The number of benzene rings is 1. The van der Waals surface area contributed by atoms with Gasteiger partial charge < -0.3 is 10.3 Å². The van der Waals surface area contributed by atoms with Gasteiger partial charge in [-0.1, -0.05) is 15.9 Å². The van der Waals surface area contributed by atoms with E-state index in [9.17, 15) is 9.59 Å². The highest BCUT2D eigenvalue weighted by Gasteiger charge is 2.08. The average Bonchev–Trinajstić information content (AvgIpc) is 2.32. The molecule has 0 atom stereocenters. The number of rotatable bonds is 2. The summed E-state index contributed by atoms with van der Waals surface area (Å²) in [7, 11) is 0. The van der Waals surface area contributed by atoms with Crippen LogP contribution < -0.4 is 10.9 Å². The Balaban J connectivity index is 2.24. The average molecular weight is 372 g/mol. The Hall–Kier alpha value is -1.40. The number of nitrogens with one attached hydrogen (secondary N) is 2. The normalized spacial score (nSPS) is 10.1. The van der Waals surface area contributed by atoms with Crippen molar-refractivity contribution >= 4 is 43.5 Å². The molecule has 0 saturated heterocycles. The number of hydrogen-bond donors (Lipinski definition) is 2. The van der Waals surface area contributed by atoms with Crippen LogP contribution in [0.5, 0.6) is 0 Å². The predicted molar refractivity (Wildman–Crippen MR) is 76.9 cm³/mol. The molecule has 0 fully saturated rings. The number of aromatic nitrogens is 1. The summed E-state index contributed by atoms with van der Waals surface area (Å²) >= 11 is 6.68. The maximum atomic E-state index is 11.9. The Bertz CT molecular complexity index is 653. The first-order chi connectivity index (χ1) is 8.56. The molecular formula is C12H8Br2N2O2. The highest BCUT2D eigenvalue weighted by atomic mass is 79.9. The van der Waals surface area contributed by atoms with Gasteiger partial charge in [0, 0.05) is 26.8 Å². The van der Waals surface area contributed by atoms with Gasteiger partial charge in [0.1, 0.15) is 0 Å². The number of anilines is 1. The molecule has 1 aromatic carbocycles. The van der Waals surface area contributed by atoms with Gasteiger partial charge in [-0.3, -0.25) is 9.59 Å². The second-order valence-corrected chi connectivity index (χ2v) is 5.29. The van der Waals surface area contributed by atoms with Gasteiger partial charge in [-0.2, -0.15) is 0 Å². The first kappa shape index (κ1) is 13.0. The summed E-state index contributed by atoms with van der Waals surface area (Å²) in [6.07, 6.45) is 1.44. The molecule has 0 aliphatic carbocycles. The molecule has 4 nitrogen and oxygen atoms in total. The van der Waals surface area contributed by atoms with Gasteiger partial charge in [0.15, 0.2) is 0 Å². The van der Waals surface area contributed by atoms with Crippen molar-refractivity contribution in [2.45, 2.75) is 0 Å². The fourth-order valence-electron chi connectivity index (χ4n) is 1.37. The molecule has 1 heterocycles. The van der Waals surface area contributed by atoms with Gasteiger partial charge in [-0.25, -0.2) is 0 Å². The zero-order chi connectivity index (χ0) is 13.1. The standard InChI is InChI=1S/C12H8Br2N2O2/c13-8-1-2-10(9(14)6-8)16-12(18)7-3-4-15-11(17)5-7/h1-6H,(H,15,17)(H,16,18). The lowest BCUT2D eigenvalue weighted by molar-refractivity contribution is 0.102. The van der Waals surface area contributed by atoms with Gasteiger partial charge in [0.05, 0.1) is 5.69 Å². The summed E-state index contributed by atoms with van der Waals surface area (Å²) < 4.78 is 1.67. The molecule has 0 radical (unpaired) electrons. The van der Waals surface area contributed by atoms with E-state index in [-0.39, 0.29) is 11.5 Å². The topological polar surface area (TPSA) is 62.0 Å². The molecule has 18 heavy (non-hydrogen) atoms.